The van der Waals surface area contributed by atoms with Gasteiger partial charge in [0.2, 0.25) is 0 Å². The molecule has 0 bridgehead atoms. The molecule has 0 fully saturated rings. The fourth-order valence-corrected chi connectivity index (χ4v) is 3.11. The van der Waals surface area contributed by atoms with Crippen LogP contribution in [-0.2, 0) is 5.88 Å². The molecule has 96 valence electrons. The highest BCUT2D eigenvalue weighted by Crippen LogP contribution is 2.28. The number of halogens is 2. The van der Waals surface area contributed by atoms with E-state index in [4.69, 9.17) is 23.2 Å². The zero-order valence-corrected chi connectivity index (χ0v) is 12.9. The molecule has 0 heterocycles. The number of anilines is 1. The number of hydrogen-bond acceptors (Lipinski definition) is 2. The van der Waals surface area contributed by atoms with Crippen LogP contribution in [0, 0.1) is 0 Å². The first-order chi connectivity index (χ1) is 8.13. The number of rotatable bonds is 6. The summed E-state index contributed by atoms with van der Waals surface area (Å²) < 4.78 is 0. The third-order valence-corrected chi connectivity index (χ3v) is 4.19. The van der Waals surface area contributed by atoms with Gasteiger partial charge in [0, 0.05) is 35.4 Å². The third-order valence-electron chi connectivity index (χ3n) is 2.95. The molecule has 1 aromatic carbocycles. The van der Waals surface area contributed by atoms with Gasteiger partial charge >= 0.3 is 0 Å². The van der Waals surface area contributed by atoms with Crippen LogP contribution in [0.15, 0.2) is 18.2 Å². The Kier molecular flexibility index (Phi) is 6.53. The molecule has 0 aliphatic carbocycles. The number of nitrogens with zero attached hydrogens (tertiary/aromatic N) is 1. The highest BCUT2D eigenvalue weighted by molar-refractivity contribution is 7.98. The Labute approximate surface area is 118 Å². The fraction of sp³-hybridized carbons (Fsp3) is 0.538. The van der Waals surface area contributed by atoms with Crippen molar-refractivity contribution < 1.29 is 0 Å². The molecular formula is C13H19Cl2NS. The SMILES string of the molecule is CCC(CSC)N(C)c1cc(Cl)ccc1CCl. The second-order valence-corrected chi connectivity index (χ2v) is 5.65. The van der Waals surface area contributed by atoms with Crippen molar-refractivity contribution in [2.75, 3.05) is 24.0 Å². The Morgan fingerprint density at radius 1 is 1.41 bits per heavy atom. The van der Waals surface area contributed by atoms with Crippen molar-refractivity contribution in [3.05, 3.63) is 28.8 Å². The highest BCUT2D eigenvalue weighted by Gasteiger charge is 2.15. The van der Waals surface area contributed by atoms with E-state index < -0.39 is 0 Å². The van der Waals surface area contributed by atoms with Gasteiger partial charge in [0.05, 0.1) is 0 Å². The summed E-state index contributed by atoms with van der Waals surface area (Å²) in [5.41, 5.74) is 2.28. The molecule has 0 amide bonds. The molecule has 1 unspecified atom stereocenters. The summed E-state index contributed by atoms with van der Waals surface area (Å²) in [4.78, 5) is 2.29. The van der Waals surface area contributed by atoms with Gasteiger partial charge in [-0.25, -0.2) is 0 Å². The molecule has 0 saturated heterocycles. The van der Waals surface area contributed by atoms with E-state index in [1.165, 1.54) is 0 Å². The third kappa shape index (κ3) is 3.97. The zero-order chi connectivity index (χ0) is 12.8. The number of hydrogen-bond donors (Lipinski definition) is 0. The topological polar surface area (TPSA) is 3.24 Å². The maximum absolute atomic E-state index is 6.07. The van der Waals surface area contributed by atoms with Gasteiger partial charge in [-0.05, 0) is 30.4 Å². The van der Waals surface area contributed by atoms with Crippen molar-refractivity contribution in [1.29, 1.82) is 0 Å². The molecule has 0 spiro atoms. The van der Waals surface area contributed by atoms with Gasteiger partial charge in [-0.3, -0.25) is 0 Å². The van der Waals surface area contributed by atoms with Crippen molar-refractivity contribution in [1.82, 2.24) is 0 Å². The highest BCUT2D eigenvalue weighted by atomic mass is 35.5. The lowest BCUT2D eigenvalue weighted by Crippen LogP contribution is -2.33. The maximum Gasteiger partial charge on any atom is 0.0494 e. The molecule has 0 N–H and O–H groups in total. The van der Waals surface area contributed by atoms with Crippen LogP contribution in [0.3, 0.4) is 0 Å². The van der Waals surface area contributed by atoms with Crippen LogP contribution >= 0.6 is 35.0 Å². The van der Waals surface area contributed by atoms with Crippen LogP contribution in [0.2, 0.25) is 5.02 Å². The van der Waals surface area contributed by atoms with Gasteiger partial charge in [-0.15, -0.1) is 11.6 Å². The van der Waals surface area contributed by atoms with Gasteiger partial charge in [0.1, 0.15) is 0 Å². The second kappa shape index (κ2) is 7.40. The molecule has 4 heteroatoms. The number of alkyl halides is 1. The van der Waals surface area contributed by atoms with E-state index >= 15 is 0 Å². The molecule has 0 saturated carbocycles. The van der Waals surface area contributed by atoms with Crippen LogP contribution in [0.4, 0.5) is 5.69 Å². The first-order valence-electron chi connectivity index (χ1n) is 5.70. The van der Waals surface area contributed by atoms with Crippen molar-refractivity contribution in [2.45, 2.75) is 25.3 Å². The number of thioether (sulfide) groups is 1. The van der Waals surface area contributed by atoms with Gasteiger partial charge < -0.3 is 4.90 Å². The number of benzene rings is 1. The van der Waals surface area contributed by atoms with Gasteiger partial charge in [0.15, 0.2) is 0 Å². The van der Waals surface area contributed by atoms with Gasteiger partial charge in [-0.1, -0.05) is 24.6 Å². The minimum Gasteiger partial charge on any atom is -0.370 e. The normalized spacial score (nSPS) is 12.5. The minimum atomic E-state index is 0.519. The summed E-state index contributed by atoms with van der Waals surface area (Å²) in [6.07, 6.45) is 3.25. The van der Waals surface area contributed by atoms with E-state index in [9.17, 15) is 0 Å². The Morgan fingerprint density at radius 2 is 2.12 bits per heavy atom. The lowest BCUT2D eigenvalue weighted by atomic mass is 10.1. The molecule has 1 atom stereocenters. The summed E-state index contributed by atoms with van der Waals surface area (Å²) in [7, 11) is 2.12. The Morgan fingerprint density at radius 3 is 2.65 bits per heavy atom. The average Bonchev–Trinajstić information content (AvgIpc) is 2.35. The molecule has 1 rings (SSSR count). The summed E-state index contributed by atoms with van der Waals surface area (Å²) in [5.74, 6) is 1.63. The Balaban J connectivity index is 2.99. The molecule has 0 radical (unpaired) electrons. The Hall–Kier alpha value is -0.0500. The second-order valence-electron chi connectivity index (χ2n) is 4.03. The fourth-order valence-electron chi connectivity index (χ4n) is 1.87. The van der Waals surface area contributed by atoms with E-state index in [1.54, 1.807) is 0 Å². The molecule has 17 heavy (non-hydrogen) atoms. The predicted molar refractivity (Wildman–Crippen MR) is 81.9 cm³/mol. The molecular weight excluding hydrogens is 273 g/mol. The van der Waals surface area contributed by atoms with Crippen molar-refractivity contribution in [2.24, 2.45) is 0 Å². The standard InChI is InChI=1S/C13H19Cl2NS/c1-4-12(9-17-3)16(2)13-7-11(15)6-5-10(13)8-14/h5-7,12H,4,8-9H2,1-3H3. The van der Waals surface area contributed by atoms with E-state index in [0.717, 1.165) is 28.4 Å². The monoisotopic (exact) mass is 291 g/mol. The van der Waals surface area contributed by atoms with Gasteiger partial charge in [-0.2, -0.15) is 11.8 Å². The summed E-state index contributed by atoms with van der Waals surface area (Å²) in [5, 5.41) is 0.764. The van der Waals surface area contributed by atoms with Crippen LogP contribution in [-0.4, -0.2) is 25.1 Å². The molecule has 0 aliphatic rings. The average molecular weight is 292 g/mol. The van der Waals surface area contributed by atoms with E-state index in [-0.39, 0.29) is 0 Å². The smallest absolute Gasteiger partial charge is 0.0494 e. The Bertz CT molecular complexity index is 357. The van der Waals surface area contributed by atoms with Crippen molar-refractivity contribution in [3.8, 4) is 0 Å². The van der Waals surface area contributed by atoms with E-state index in [2.05, 4.69) is 25.1 Å². The maximum atomic E-state index is 6.07. The van der Waals surface area contributed by atoms with Gasteiger partial charge in [0.25, 0.3) is 0 Å². The summed E-state index contributed by atoms with van der Waals surface area (Å²) >= 11 is 13.9. The van der Waals surface area contributed by atoms with Crippen molar-refractivity contribution in [3.63, 3.8) is 0 Å². The first kappa shape index (κ1) is 15.0. The molecule has 0 aliphatic heterocycles. The predicted octanol–water partition coefficient (Wildman–Crippen LogP) is 4.66. The first-order valence-corrected chi connectivity index (χ1v) is 8.00. The summed E-state index contributed by atoms with van der Waals surface area (Å²) in [6, 6.07) is 6.42. The minimum absolute atomic E-state index is 0.519. The van der Waals surface area contributed by atoms with Crippen LogP contribution < -0.4 is 4.90 Å². The van der Waals surface area contributed by atoms with Crippen LogP contribution in [0.25, 0.3) is 0 Å². The van der Waals surface area contributed by atoms with Crippen molar-refractivity contribution >= 4 is 40.7 Å². The zero-order valence-electron chi connectivity index (χ0n) is 10.5. The lowest BCUT2D eigenvalue weighted by molar-refractivity contribution is 0.671. The molecule has 1 aromatic rings. The van der Waals surface area contributed by atoms with Crippen LogP contribution in [0.5, 0.6) is 0 Å². The van der Waals surface area contributed by atoms with E-state index in [1.807, 2.05) is 30.0 Å². The van der Waals surface area contributed by atoms with E-state index in [0.29, 0.717) is 11.9 Å². The largest absolute Gasteiger partial charge is 0.370 e. The van der Waals surface area contributed by atoms with Crippen LogP contribution in [0.1, 0.15) is 18.9 Å². The lowest BCUT2D eigenvalue weighted by Gasteiger charge is -2.30. The summed E-state index contributed by atoms with van der Waals surface area (Å²) in [6.45, 7) is 2.21. The molecule has 0 aromatic heterocycles. The molecule has 1 nitrogen and oxygen atoms in total. The quantitative estimate of drug-likeness (QED) is 0.702.